The van der Waals surface area contributed by atoms with Crippen molar-refractivity contribution in [3.63, 3.8) is 0 Å². The first kappa shape index (κ1) is 18.8. The van der Waals surface area contributed by atoms with E-state index in [0.717, 1.165) is 14.8 Å². The fraction of sp³-hybridized carbons (Fsp3) is 0.529. The summed E-state index contributed by atoms with van der Waals surface area (Å²) >= 11 is 2.20. The van der Waals surface area contributed by atoms with Crippen LogP contribution in [0.15, 0.2) is 18.2 Å². The van der Waals surface area contributed by atoms with Gasteiger partial charge in [0.2, 0.25) is 0 Å². The molecule has 1 saturated heterocycles. The van der Waals surface area contributed by atoms with E-state index in [0.29, 0.717) is 26.2 Å². The van der Waals surface area contributed by atoms with Gasteiger partial charge in [-0.25, -0.2) is 4.79 Å². The molecule has 6 nitrogen and oxygen atoms in total. The maximum Gasteiger partial charge on any atom is 0.410 e. The molecular weight excluding hydrogens is 423 g/mol. The number of piperazine rings is 1. The number of carbonyl (C=O) groups is 2. The average Bonchev–Trinajstić information content (AvgIpc) is 2.44. The highest BCUT2D eigenvalue weighted by Gasteiger charge is 2.26. The number of benzene rings is 1. The molecule has 1 aromatic carbocycles. The molecule has 1 fully saturated rings. The molecule has 0 aliphatic carbocycles. The molecule has 0 atom stereocenters. The van der Waals surface area contributed by atoms with Crippen molar-refractivity contribution >= 4 is 40.3 Å². The summed E-state index contributed by atoms with van der Waals surface area (Å²) in [5.74, 6) is -0.835. The van der Waals surface area contributed by atoms with Gasteiger partial charge in [-0.3, -0.25) is 4.79 Å². The highest BCUT2D eigenvalue weighted by atomic mass is 127. The number of rotatable bonds is 3. The monoisotopic (exact) mass is 446 g/mol. The molecule has 1 amide bonds. The number of ether oxygens (including phenoxy) is 1. The zero-order chi connectivity index (χ0) is 17.9. The van der Waals surface area contributed by atoms with Gasteiger partial charge in [0.1, 0.15) is 5.60 Å². The zero-order valence-corrected chi connectivity index (χ0v) is 16.4. The van der Waals surface area contributed by atoms with E-state index >= 15 is 0 Å². The van der Waals surface area contributed by atoms with E-state index in [4.69, 9.17) is 9.84 Å². The van der Waals surface area contributed by atoms with Gasteiger partial charge >= 0.3 is 12.1 Å². The predicted octanol–water partition coefficient (Wildman–Crippen LogP) is 2.98. The van der Waals surface area contributed by atoms with Gasteiger partial charge in [0.05, 0.1) is 6.42 Å². The summed E-state index contributed by atoms with van der Waals surface area (Å²) in [5, 5.41) is 8.97. The molecule has 24 heavy (non-hydrogen) atoms. The predicted molar refractivity (Wildman–Crippen MR) is 101 cm³/mol. The summed E-state index contributed by atoms with van der Waals surface area (Å²) < 4.78 is 6.41. The van der Waals surface area contributed by atoms with Crippen LogP contribution in [0.1, 0.15) is 26.3 Å². The fourth-order valence-electron chi connectivity index (χ4n) is 2.57. The molecule has 7 heteroatoms. The van der Waals surface area contributed by atoms with E-state index in [9.17, 15) is 9.59 Å². The molecule has 0 spiro atoms. The van der Waals surface area contributed by atoms with Crippen LogP contribution in [0.4, 0.5) is 10.5 Å². The van der Waals surface area contributed by atoms with Crippen molar-refractivity contribution in [1.82, 2.24) is 4.90 Å². The lowest BCUT2D eigenvalue weighted by Crippen LogP contribution is -2.50. The van der Waals surface area contributed by atoms with Gasteiger partial charge in [-0.05, 0) is 67.1 Å². The van der Waals surface area contributed by atoms with Crippen LogP contribution < -0.4 is 4.90 Å². The number of halogens is 1. The van der Waals surface area contributed by atoms with Gasteiger partial charge in [-0.15, -0.1) is 0 Å². The molecule has 0 bridgehead atoms. The molecule has 132 valence electrons. The number of carboxylic acid groups (broad SMARTS) is 1. The van der Waals surface area contributed by atoms with E-state index in [1.807, 2.05) is 39.0 Å². The Morgan fingerprint density at radius 1 is 1.17 bits per heavy atom. The Balaban J connectivity index is 2.00. The molecule has 0 saturated carbocycles. The Bertz CT molecular complexity index is 620. The lowest BCUT2D eigenvalue weighted by Gasteiger charge is -2.37. The molecule has 2 rings (SSSR count). The minimum absolute atomic E-state index is 0.0156. The lowest BCUT2D eigenvalue weighted by atomic mass is 10.1. The summed E-state index contributed by atoms with van der Waals surface area (Å²) in [6.45, 7) is 8.16. The smallest absolute Gasteiger partial charge is 0.410 e. The normalized spacial score (nSPS) is 15.3. The third-order valence-corrected chi connectivity index (χ3v) is 4.22. The lowest BCUT2D eigenvalue weighted by molar-refractivity contribution is -0.136. The van der Waals surface area contributed by atoms with E-state index in [1.165, 1.54) is 0 Å². The standard InChI is InChI=1S/C17H23IN2O4/c1-17(2,3)24-16(23)20-6-4-19(5-7-20)14-9-12(10-15(21)22)8-13(18)11-14/h8-9,11H,4-7,10H2,1-3H3,(H,21,22). The van der Waals surface area contributed by atoms with Crippen molar-refractivity contribution in [3.8, 4) is 0 Å². The topological polar surface area (TPSA) is 70.1 Å². The quantitative estimate of drug-likeness (QED) is 0.724. The number of hydrogen-bond donors (Lipinski definition) is 1. The number of hydrogen-bond acceptors (Lipinski definition) is 4. The van der Waals surface area contributed by atoms with E-state index in [1.54, 1.807) is 4.90 Å². The van der Waals surface area contributed by atoms with Crippen molar-refractivity contribution in [3.05, 3.63) is 27.3 Å². The molecule has 1 heterocycles. The van der Waals surface area contributed by atoms with Crippen molar-refractivity contribution in [2.24, 2.45) is 0 Å². The average molecular weight is 446 g/mol. The molecule has 0 unspecified atom stereocenters. The Morgan fingerprint density at radius 2 is 1.79 bits per heavy atom. The third-order valence-electron chi connectivity index (χ3n) is 3.59. The van der Waals surface area contributed by atoms with E-state index in [-0.39, 0.29) is 12.5 Å². The molecule has 0 radical (unpaired) electrons. The van der Waals surface area contributed by atoms with Crippen molar-refractivity contribution in [2.75, 3.05) is 31.1 Å². The van der Waals surface area contributed by atoms with Gasteiger partial charge in [-0.1, -0.05) is 0 Å². The van der Waals surface area contributed by atoms with E-state index < -0.39 is 11.6 Å². The first-order chi connectivity index (χ1) is 11.1. The first-order valence-electron chi connectivity index (χ1n) is 7.88. The molecule has 1 aliphatic rings. The van der Waals surface area contributed by atoms with Crippen molar-refractivity contribution in [2.45, 2.75) is 32.8 Å². The summed E-state index contributed by atoms with van der Waals surface area (Å²) in [4.78, 5) is 26.9. The minimum Gasteiger partial charge on any atom is -0.481 e. The number of carboxylic acids is 1. The maximum absolute atomic E-state index is 12.1. The third kappa shape index (κ3) is 5.54. The SMILES string of the molecule is CC(C)(C)OC(=O)N1CCN(c2cc(I)cc(CC(=O)O)c2)CC1. The second-order valence-electron chi connectivity index (χ2n) is 6.84. The van der Waals surface area contributed by atoms with Crippen LogP contribution in [0.25, 0.3) is 0 Å². The number of amides is 1. The second kappa shape index (κ2) is 7.58. The van der Waals surface area contributed by atoms with Crippen LogP contribution in [-0.4, -0.2) is 53.8 Å². The Kier molecular flexibility index (Phi) is 5.95. The van der Waals surface area contributed by atoms with Gasteiger partial charge < -0.3 is 19.6 Å². The van der Waals surface area contributed by atoms with Gasteiger partial charge in [0.15, 0.2) is 0 Å². The highest BCUT2D eigenvalue weighted by molar-refractivity contribution is 14.1. The number of carbonyl (C=O) groups excluding carboxylic acids is 1. The van der Waals surface area contributed by atoms with Crippen LogP contribution in [0.2, 0.25) is 0 Å². The number of aliphatic carboxylic acids is 1. The van der Waals surface area contributed by atoms with Crippen LogP contribution in [0, 0.1) is 3.57 Å². The zero-order valence-electron chi connectivity index (χ0n) is 14.2. The fourth-order valence-corrected chi connectivity index (χ4v) is 3.29. The van der Waals surface area contributed by atoms with Crippen LogP contribution >= 0.6 is 22.6 Å². The molecular formula is C17H23IN2O4. The summed E-state index contributed by atoms with van der Waals surface area (Å²) in [7, 11) is 0. The summed E-state index contributed by atoms with van der Waals surface area (Å²) in [5.41, 5.74) is 1.30. The largest absolute Gasteiger partial charge is 0.481 e. The first-order valence-corrected chi connectivity index (χ1v) is 8.96. The Labute approximate surface area is 155 Å². The van der Waals surface area contributed by atoms with Gasteiger partial charge in [0, 0.05) is 35.4 Å². The maximum atomic E-state index is 12.1. The van der Waals surface area contributed by atoms with Crippen LogP contribution in [0.5, 0.6) is 0 Å². The Morgan fingerprint density at radius 3 is 2.33 bits per heavy atom. The van der Waals surface area contributed by atoms with Gasteiger partial charge in [0.25, 0.3) is 0 Å². The van der Waals surface area contributed by atoms with E-state index in [2.05, 4.69) is 27.5 Å². The van der Waals surface area contributed by atoms with Crippen LogP contribution in [-0.2, 0) is 16.0 Å². The van der Waals surface area contributed by atoms with Gasteiger partial charge in [-0.2, -0.15) is 0 Å². The van der Waals surface area contributed by atoms with Crippen LogP contribution in [0.3, 0.4) is 0 Å². The minimum atomic E-state index is -0.835. The number of anilines is 1. The molecule has 1 aliphatic heterocycles. The summed E-state index contributed by atoms with van der Waals surface area (Å²) in [6.07, 6.45) is -0.266. The van der Waals surface area contributed by atoms with Crippen molar-refractivity contribution in [1.29, 1.82) is 0 Å². The molecule has 0 aromatic heterocycles. The Hall–Kier alpha value is -1.51. The highest BCUT2D eigenvalue weighted by Crippen LogP contribution is 2.23. The molecule has 1 aromatic rings. The molecule has 1 N–H and O–H groups in total. The summed E-state index contributed by atoms with van der Waals surface area (Å²) in [6, 6.07) is 5.84. The second-order valence-corrected chi connectivity index (χ2v) is 8.09. The van der Waals surface area contributed by atoms with Crippen molar-refractivity contribution < 1.29 is 19.4 Å². The number of nitrogens with zero attached hydrogens (tertiary/aromatic N) is 2.